The van der Waals surface area contributed by atoms with Crippen LogP contribution in [0.3, 0.4) is 0 Å². The molecule has 150 valence electrons. The smallest absolute Gasteiger partial charge is 0.306 e. The Balaban J connectivity index is 1.36. The lowest BCUT2D eigenvalue weighted by Crippen LogP contribution is -2.33. The maximum atomic E-state index is 12.6. The summed E-state index contributed by atoms with van der Waals surface area (Å²) >= 11 is 0. The molecule has 3 atom stereocenters. The SMILES string of the molecule is O=C(N[C@@H]1CC[C@H](C(=O)O)C1)c1cccc(NC(=O)C2Cc3ccccc3O2)c1. The van der Waals surface area contributed by atoms with Gasteiger partial charge in [-0.25, -0.2) is 0 Å². The first-order valence-electron chi connectivity index (χ1n) is 9.69. The molecule has 0 spiro atoms. The summed E-state index contributed by atoms with van der Waals surface area (Å²) in [6, 6.07) is 14.1. The zero-order valence-electron chi connectivity index (χ0n) is 15.8. The minimum atomic E-state index is -0.817. The van der Waals surface area contributed by atoms with Crippen LogP contribution in [0.4, 0.5) is 5.69 Å². The zero-order chi connectivity index (χ0) is 20.4. The molecule has 0 aromatic heterocycles. The van der Waals surface area contributed by atoms with Crippen LogP contribution in [0.2, 0.25) is 0 Å². The molecule has 2 aromatic carbocycles. The lowest BCUT2D eigenvalue weighted by Gasteiger charge is -2.14. The van der Waals surface area contributed by atoms with Gasteiger partial charge in [-0.1, -0.05) is 24.3 Å². The van der Waals surface area contributed by atoms with E-state index in [1.54, 1.807) is 24.3 Å². The Labute approximate surface area is 168 Å². The molecule has 7 nitrogen and oxygen atoms in total. The highest BCUT2D eigenvalue weighted by atomic mass is 16.5. The maximum Gasteiger partial charge on any atom is 0.306 e. The number of benzene rings is 2. The van der Waals surface area contributed by atoms with E-state index in [0.29, 0.717) is 36.9 Å². The van der Waals surface area contributed by atoms with Gasteiger partial charge in [0.1, 0.15) is 5.75 Å². The summed E-state index contributed by atoms with van der Waals surface area (Å²) in [5.41, 5.74) is 1.92. The van der Waals surface area contributed by atoms with Crippen molar-refractivity contribution < 1.29 is 24.2 Å². The number of rotatable bonds is 5. The first kappa shape index (κ1) is 19.0. The van der Waals surface area contributed by atoms with Gasteiger partial charge in [-0.05, 0) is 49.1 Å². The van der Waals surface area contributed by atoms with E-state index in [0.717, 1.165) is 11.3 Å². The summed E-state index contributed by atoms with van der Waals surface area (Å²) in [6.45, 7) is 0. The van der Waals surface area contributed by atoms with Gasteiger partial charge in [0, 0.05) is 23.7 Å². The van der Waals surface area contributed by atoms with Crippen LogP contribution in [0.5, 0.6) is 5.75 Å². The van der Waals surface area contributed by atoms with Crippen molar-refractivity contribution in [2.75, 3.05) is 5.32 Å². The van der Waals surface area contributed by atoms with E-state index in [2.05, 4.69) is 10.6 Å². The number of hydrogen-bond acceptors (Lipinski definition) is 4. The Hall–Kier alpha value is -3.35. The number of fused-ring (bicyclic) bond motifs is 1. The third-order valence-corrected chi connectivity index (χ3v) is 5.45. The largest absolute Gasteiger partial charge is 0.481 e. The number of amides is 2. The quantitative estimate of drug-likeness (QED) is 0.723. The first-order chi connectivity index (χ1) is 14.0. The number of nitrogens with one attached hydrogen (secondary N) is 2. The third-order valence-electron chi connectivity index (χ3n) is 5.45. The summed E-state index contributed by atoms with van der Waals surface area (Å²) in [6.07, 6.45) is 1.57. The molecule has 4 rings (SSSR count). The Kier molecular flexibility index (Phi) is 5.20. The molecular formula is C22H22N2O5. The van der Waals surface area contributed by atoms with Gasteiger partial charge in [-0.3, -0.25) is 14.4 Å². The molecule has 1 unspecified atom stereocenters. The summed E-state index contributed by atoms with van der Waals surface area (Å²) < 4.78 is 5.70. The van der Waals surface area contributed by atoms with Gasteiger partial charge >= 0.3 is 5.97 Å². The van der Waals surface area contributed by atoms with Crippen LogP contribution in [0.25, 0.3) is 0 Å². The fourth-order valence-electron chi connectivity index (χ4n) is 3.89. The number of anilines is 1. The van der Waals surface area contributed by atoms with Gasteiger partial charge in [0.15, 0.2) is 6.10 Å². The Morgan fingerprint density at radius 3 is 2.62 bits per heavy atom. The Morgan fingerprint density at radius 1 is 1.03 bits per heavy atom. The molecule has 3 N–H and O–H groups in total. The average Bonchev–Trinajstić information content (AvgIpc) is 3.35. The molecule has 29 heavy (non-hydrogen) atoms. The van der Waals surface area contributed by atoms with Gasteiger partial charge in [-0.15, -0.1) is 0 Å². The topological polar surface area (TPSA) is 105 Å². The van der Waals surface area contributed by atoms with E-state index in [9.17, 15) is 14.4 Å². The Morgan fingerprint density at radius 2 is 1.86 bits per heavy atom. The summed E-state index contributed by atoms with van der Waals surface area (Å²) in [5.74, 6) is -1.04. The number of carboxylic acids is 1. The number of ether oxygens (including phenoxy) is 1. The first-order valence-corrected chi connectivity index (χ1v) is 9.69. The van der Waals surface area contributed by atoms with Gasteiger partial charge in [0.05, 0.1) is 5.92 Å². The van der Waals surface area contributed by atoms with Gasteiger partial charge in [0.2, 0.25) is 0 Å². The average molecular weight is 394 g/mol. The second kappa shape index (κ2) is 7.95. The molecule has 2 aliphatic rings. The van der Waals surface area contributed by atoms with E-state index in [1.807, 2.05) is 24.3 Å². The highest BCUT2D eigenvalue weighted by Gasteiger charge is 2.31. The van der Waals surface area contributed by atoms with E-state index in [1.165, 1.54) is 0 Å². The van der Waals surface area contributed by atoms with E-state index in [4.69, 9.17) is 9.84 Å². The van der Waals surface area contributed by atoms with Crippen molar-refractivity contribution in [1.29, 1.82) is 0 Å². The molecule has 1 fully saturated rings. The number of carbonyl (C=O) groups is 3. The van der Waals surface area contributed by atoms with Crippen LogP contribution in [0.1, 0.15) is 35.2 Å². The molecular weight excluding hydrogens is 372 g/mol. The zero-order valence-corrected chi connectivity index (χ0v) is 15.8. The van der Waals surface area contributed by atoms with Gasteiger partial charge < -0.3 is 20.5 Å². The molecule has 0 saturated heterocycles. The number of para-hydroxylation sites is 1. The monoisotopic (exact) mass is 394 g/mol. The normalized spacial score (nSPS) is 22.4. The fraction of sp³-hybridized carbons (Fsp3) is 0.318. The van der Waals surface area contributed by atoms with Crippen LogP contribution in [0.15, 0.2) is 48.5 Å². The predicted octanol–water partition coefficient (Wildman–Crippen LogP) is 2.61. The second-order valence-electron chi connectivity index (χ2n) is 7.51. The summed E-state index contributed by atoms with van der Waals surface area (Å²) in [4.78, 5) is 36.1. The summed E-state index contributed by atoms with van der Waals surface area (Å²) in [5, 5.41) is 14.8. The number of hydrogen-bond donors (Lipinski definition) is 3. The van der Waals surface area contributed by atoms with Crippen LogP contribution >= 0.6 is 0 Å². The van der Waals surface area contributed by atoms with Crippen molar-refractivity contribution in [1.82, 2.24) is 5.32 Å². The van der Waals surface area contributed by atoms with Crippen molar-refractivity contribution in [3.63, 3.8) is 0 Å². The number of carbonyl (C=O) groups excluding carboxylic acids is 2. The lowest BCUT2D eigenvalue weighted by atomic mass is 10.1. The van der Waals surface area contributed by atoms with Crippen molar-refractivity contribution in [2.45, 2.75) is 37.8 Å². The fourth-order valence-corrected chi connectivity index (χ4v) is 3.89. The van der Waals surface area contributed by atoms with Crippen molar-refractivity contribution in [3.05, 3.63) is 59.7 Å². The van der Waals surface area contributed by atoms with Gasteiger partial charge in [-0.2, -0.15) is 0 Å². The maximum absolute atomic E-state index is 12.6. The third kappa shape index (κ3) is 4.23. The standard InChI is InChI=1S/C22H22N2O5/c25-20(23-17-9-8-15(11-17)22(27)28)14-5-3-6-16(10-14)24-21(26)19-12-13-4-1-2-7-18(13)29-19/h1-7,10,15,17,19H,8-9,11-12H2,(H,23,25)(H,24,26)(H,27,28)/t15-,17+,19?/m0/s1. The van der Waals surface area contributed by atoms with Crippen molar-refractivity contribution in [2.24, 2.45) is 5.92 Å². The molecule has 7 heteroatoms. The number of carboxylic acid groups (broad SMARTS) is 1. The van der Waals surface area contributed by atoms with Crippen LogP contribution in [-0.2, 0) is 16.0 Å². The minimum absolute atomic E-state index is 0.146. The number of aliphatic carboxylic acids is 1. The highest BCUT2D eigenvalue weighted by Crippen LogP contribution is 2.29. The van der Waals surface area contributed by atoms with Crippen LogP contribution in [-0.4, -0.2) is 35.0 Å². The molecule has 0 bridgehead atoms. The minimum Gasteiger partial charge on any atom is -0.481 e. The Bertz CT molecular complexity index is 933. The molecule has 2 amide bonds. The molecule has 1 aliphatic carbocycles. The molecule has 1 saturated carbocycles. The molecule has 0 radical (unpaired) electrons. The van der Waals surface area contributed by atoms with Crippen LogP contribution in [0, 0.1) is 5.92 Å². The van der Waals surface area contributed by atoms with Crippen LogP contribution < -0.4 is 15.4 Å². The lowest BCUT2D eigenvalue weighted by molar-refractivity contribution is -0.141. The molecule has 1 aliphatic heterocycles. The van der Waals surface area contributed by atoms with Crippen molar-refractivity contribution >= 4 is 23.5 Å². The van der Waals surface area contributed by atoms with Crippen molar-refractivity contribution in [3.8, 4) is 5.75 Å². The molecule has 2 aromatic rings. The summed E-state index contributed by atoms with van der Waals surface area (Å²) in [7, 11) is 0. The molecule has 1 heterocycles. The second-order valence-corrected chi connectivity index (χ2v) is 7.51. The van der Waals surface area contributed by atoms with Gasteiger partial charge in [0.25, 0.3) is 11.8 Å². The van der Waals surface area contributed by atoms with E-state index >= 15 is 0 Å². The van der Waals surface area contributed by atoms with E-state index in [-0.39, 0.29) is 17.9 Å². The highest BCUT2D eigenvalue weighted by molar-refractivity contribution is 5.98. The van der Waals surface area contributed by atoms with E-state index < -0.39 is 18.0 Å². The predicted molar refractivity (Wildman–Crippen MR) is 106 cm³/mol.